The molecule has 1 fully saturated rings. The zero-order valence-electron chi connectivity index (χ0n) is 11.4. The van der Waals surface area contributed by atoms with E-state index in [2.05, 4.69) is 29.8 Å². The molecule has 0 spiro atoms. The van der Waals surface area contributed by atoms with Gasteiger partial charge in [0.15, 0.2) is 0 Å². The summed E-state index contributed by atoms with van der Waals surface area (Å²) in [5.41, 5.74) is 0. The fourth-order valence-corrected chi connectivity index (χ4v) is 3.20. The van der Waals surface area contributed by atoms with Gasteiger partial charge in [-0.05, 0) is 31.2 Å². The average molecular weight is 267 g/mol. The molecular formula is C15H25NOS. The van der Waals surface area contributed by atoms with Crippen LogP contribution in [0, 0.1) is 0 Å². The first-order valence-corrected chi connectivity index (χ1v) is 8.10. The van der Waals surface area contributed by atoms with Crippen molar-refractivity contribution in [3.63, 3.8) is 0 Å². The maximum Gasteiger partial charge on any atom is 0.0671 e. The molecule has 1 aliphatic rings. The lowest BCUT2D eigenvalue weighted by atomic mass is 9.95. The Hall–Kier alpha value is -0.380. The molecule has 1 N–H and O–H groups in total. The lowest BCUT2D eigenvalue weighted by Crippen LogP contribution is -2.37. The summed E-state index contributed by atoms with van der Waals surface area (Å²) in [5, 5.41) is 5.77. The molecule has 1 aromatic heterocycles. The minimum atomic E-state index is 0.326. The van der Waals surface area contributed by atoms with Crippen LogP contribution >= 0.6 is 11.3 Å². The van der Waals surface area contributed by atoms with Crippen molar-refractivity contribution in [1.82, 2.24) is 5.32 Å². The van der Waals surface area contributed by atoms with Crippen molar-refractivity contribution in [2.24, 2.45) is 0 Å². The zero-order valence-corrected chi connectivity index (χ0v) is 12.2. The van der Waals surface area contributed by atoms with E-state index in [0.717, 1.165) is 25.6 Å². The van der Waals surface area contributed by atoms with Gasteiger partial charge in [0, 0.05) is 23.9 Å². The van der Waals surface area contributed by atoms with Gasteiger partial charge in [0.2, 0.25) is 0 Å². The van der Waals surface area contributed by atoms with Gasteiger partial charge in [-0.2, -0.15) is 0 Å². The van der Waals surface area contributed by atoms with Crippen LogP contribution in [-0.2, 0) is 11.2 Å². The van der Waals surface area contributed by atoms with Crippen LogP contribution in [0.2, 0.25) is 0 Å². The highest BCUT2D eigenvalue weighted by Crippen LogP contribution is 2.17. The molecule has 1 unspecified atom stereocenters. The summed E-state index contributed by atoms with van der Waals surface area (Å²) in [6, 6.07) is 5.02. The topological polar surface area (TPSA) is 21.3 Å². The van der Waals surface area contributed by atoms with Gasteiger partial charge < -0.3 is 10.1 Å². The van der Waals surface area contributed by atoms with E-state index in [1.807, 2.05) is 11.3 Å². The van der Waals surface area contributed by atoms with Crippen molar-refractivity contribution in [1.29, 1.82) is 0 Å². The molecule has 1 atom stereocenters. The van der Waals surface area contributed by atoms with Crippen LogP contribution in [0.3, 0.4) is 0 Å². The van der Waals surface area contributed by atoms with Crippen molar-refractivity contribution in [3.05, 3.63) is 22.4 Å². The summed E-state index contributed by atoms with van der Waals surface area (Å²) in [6.07, 6.45) is 8.28. The Bertz CT molecular complexity index is 306. The number of nitrogens with one attached hydrogen (secondary N) is 1. The number of hydrogen-bond donors (Lipinski definition) is 1. The molecule has 2 rings (SSSR count). The van der Waals surface area contributed by atoms with Gasteiger partial charge in [0.05, 0.1) is 12.7 Å². The van der Waals surface area contributed by atoms with Gasteiger partial charge in [-0.15, -0.1) is 11.3 Å². The number of hydrogen-bond acceptors (Lipinski definition) is 3. The highest BCUT2D eigenvalue weighted by Gasteiger charge is 2.13. The molecule has 1 heterocycles. The highest BCUT2D eigenvalue weighted by atomic mass is 32.1. The summed E-state index contributed by atoms with van der Waals surface area (Å²) in [6.45, 7) is 4.01. The summed E-state index contributed by atoms with van der Waals surface area (Å²) in [4.78, 5) is 1.42. The number of ether oxygens (including phenoxy) is 1. The normalized spacial score (nSPS) is 18.9. The van der Waals surface area contributed by atoms with E-state index in [1.54, 1.807) is 0 Å². The molecule has 2 nitrogen and oxygen atoms in total. The van der Waals surface area contributed by atoms with Crippen molar-refractivity contribution in [3.8, 4) is 0 Å². The standard InChI is InChI=1S/C15H25NOS/c1-13(12-16-14-6-3-2-4-7-14)17-10-9-15-8-5-11-18-15/h5,8,11,13-14,16H,2-4,6-7,9-10,12H2,1H3. The maximum atomic E-state index is 5.85. The van der Waals surface area contributed by atoms with Gasteiger partial charge in [0.25, 0.3) is 0 Å². The van der Waals surface area contributed by atoms with Gasteiger partial charge in [0.1, 0.15) is 0 Å². The van der Waals surface area contributed by atoms with Gasteiger partial charge in [-0.1, -0.05) is 25.3 Å². The third kappa shape index (κ3) is 5.09. The Morgan fingerprint density at radius 2 is 2.22 bits per heavy atom. The second-order valence-electron chi connectivity index (χ2n) is 5.25. The smallest absolute Gasteiger partial charge is 0.0671 e. The maximum absolute atomic E-state index is 5.85. The van der Waals surface area contributed by atoms with Crippen LogP contribution in [0.15, 0.2) is 17.5 Å². The molecule has 1 aliphatic carbocycles. The lowest BCUT2D eigenvalue weighted by Gasteiger charge is -2.24. The molecule has 0 bridgehead atoms. The van der Waals surface area contributed by atoms with E-state index in [9.17, 15) is 0 Å². The Morgan fingerprint density at radius 3 is 2.94 bits per heavy atom. The Labute approximate surface area is 115 Å². The van der Waals surface area contributed by atoms with Crippen LogP contribution in [0.1, 0.15) is 43.9 Å². The van der Waals surface area contributed by atoms with Crippen molar-refractivity contribution in [2.45, 2.75) is 57.6 Å². The van der Waals surface area contributed by atoms with Crippen LogP contribution in [0.4, 0.5) is 0 Å². The summed E-state index contributed by atoms with van der Waals surface area (Å²) in [7, 11) is 0. The van der Waals surface area contributed by atoms with E-state index < -0.39 is 0 Å². The molecule has 0 amide bonds. The second kappa shape index (κ2) is 7.93. The highest BCUT2D eigenvalue weighted by molar-refractivity contribution is 7.09. The van der Waals surface area contributed by atoms with E-state index in [-0.39, 0.29) is 0 Å². The van der Waals surface area contributed by atoms with Crippen molar-refractivity contribution in [2.75, 3.05) is 13.2 Å². The second-order valence-corrected chi connectivity index (χ2v) is 6.29. The minimum Gasteiger partial charge on any atom is -0.377 e. The van der Waals surface area contributed by atoms with Gasteiger partial charge >= 0.3 is 0 Å². The SMILES string of the molecule is CC(CNC1CCCCC1)OCCc1cccs1. The molecule has 0 saturated heterocycles. The average Bonchev–Trinajstić information content (AvgIpc) is 2.91. The van der Waals surface area contributed by atoms with Crippen LogP contribution in [0.25, 0.3) is 0 Å². The molecule has 1 saturated carbocycles. The van der Waals surface area contributed by atoms with Crippen LogP contribution in [-0.4, -0.2) is 25.3 Å². The quantitative estimate of drug-likeness (QED) is 0.814. The fraction of sp³-hybridized carbons (Fsp3) is 0.733. The fourth-order valence-electron chi connectivity index (χ4n) is 2.51. The predicted octanol–water partition coefficient (Wildman–Crippen LogP) is 3.62. The van der Waals surface area contributed by atoms with Gasteiger partial charge in [-0.3, -0.25) is 0 Å². The first kappa shape index (κ1) is 14.0. The number of thiophene rings is 1. The first-order chi connectivity index (χ1) is 8.84. The predicted molar refractivity (Wildman–Crippen MR) is 78.3 cm³/mol. The van der Waals surface area contributed by atoms with E-state index >= 15 is 0 Å². The first-order valence-electron chi connectivity index (χ1n) is 7.22. The lowest BCUT2D eigenvalue weighted by molar-refractivity contribution is 0.0654. The largest absolute Gasteiger partial charge is 0.377 e. The Kier molecular flexibility index (Phi) is 6.18. The molecule has 0 aliphatic heterocycles. The van der Waals surface area contributed by atoms with Crippen molar-refractivity contribution < 1.29 is 4.74 Å². The summed E-state index contributed by atoms with van der Waals surface area (Å²) in [5.74, 6) is 0. The van der Waals surface area contributed by atoms with E-state index in [1.165, 1.54) is 37.0 Å². The van der Waals surface area contributed by atoms with Gasteiger partial charge in [-0.25, -0.2) is 0 Å². The molecule has 0 aromatic carbocycles. The van der Waals surface area contributed by atoms with Crippen molar-refractivity contribution >= 4 is 11.3 Å². The van der Waals surface area contributed by atoms with Crippen LogP contribution in [0.5, 0.6) is 0 Å². The third-order valence-electron chi connectivity index (χ3n) is 3.63. The molecule has 18 heavy (non-hydrogen) atoms. The number of rotatable bonds is 7. The Morgan fingerprint density at radius 1 is 1.39 bits per heavy atom. The molecule has 102 valence electrons. The Balaban J connectivity index is 1.53. The molecular weight excluding hydrogens is 242 g/mol. The summed E-state index contributed by atoms with van der Waals surface area (Å²) < 4.78 is 5.85. The van der Waals surface area contributed by atoms with E-state index in [0.29, 0.717) is 6.10 Å². The third-order valence-corrected chi connectivity index (χ3v) is 4.57. The zero-order chi connectivity index (χ0) is 12.6. The van der Waals surface area contributed by atoms with E-state index in [4.69, 9.17) is 4.74 Å². The minimum absolute atomic E-state index is 0.326. The molecule has 3 heteroatoms. The molecule has 1 aromatic rings. The summed E-state index contributed by atoms with van der Waals surface area (Å²) >= 11 is 1.82. The van der Waals surface area contributed by atoms with Crippen LogP contribution < -0.4 is 5.32 Å². The molecule has 0 radical (unpaired) electrons. The monoisotopic (exact) mass is 267 g/mol.